The molecule has 92 valence electrons. The summed E-state index contributed by atoms with van der Waals surface area (Å²) in [4.78, 5) is 0. The summed E-state index contributed by atoms with van der Waals surface area (Å²) in [6, 6.07) is 2.99. The van der Waals surface area contributed by atoms with Crippen LogP contribution in [0.25, 0.3) is 0 Å². The molecule has 0 heterocycles. The predicted octanol–water partition coefficient (Wildman–Crippen LogP) is 0.682. The highest BCUT2D eigenvalue weighted by Crippen LogP contribution is 2.34. The van der Waals surface area contributed by atoms with Gasteiger partial charge in [0.1, 0.15) is 0 Å². The maximum atomic E-state index is 9.48. The van der Waals surface area contributed by atoms with Crippen molar-refractivity contribution in [3.8, 4) is 11.5 Å². The van der Waals surface area contributed by atoms with Gasteiger partial charge >= 0.3 is 0 Å². The molecule has 1 rings (SSSR count). The topological polar surface area (TPSA) is 112 Å². The summed E-state index contributed by atoms with van der Waals surface area (Å²) in [5.74, 6) is -0.180. The van der Waals surface area contributed by atoms with Crippen molar-refractivity contribution >= 4 is 23.8 Å². The third-order valence-electron chi connectivity index (χ3n) is 1.76. The minimum atomic E-state index is -0.252. The molecule has 0 atom stereocenters. The van der Waals surface area contributed by atoms with Crippen molar-refractivity contribution in [2.75, 3.05) is 7.11 Å². The summed E-state index contributed by atoms with van der Waals surface area (Å²) in [6.45, 7) is 0. The monoisotopic (exact) mass is 258 g/mol. The summed E-state index contributed by atoms with van der Waals surface area (Å²) < 4.78 is 4.91. The van der Waals surface area contributed by atoms with Gasteiger partial charge in [-0.25, -0.2) is 5.48 Å². The van der Waals surface area contributed by atoms with Gasteiger partial charge in [0.15, 0.2) is 11.5 Å². The van der Waals surface area contributed by atoms with E-state index in [1.54, 1.807) is 5.48 Å². The van der Waals surface area contributed by atoms with Crippen LogP contribution in [0.15, 0.2) is 22.3 Å². The molecule has 0 aromatic heterocycles. The van der Waals surface area contributed by atoms with Gasteiger partial charge in [0.2, 0.25) is 5.96 Å². The molecule has 0 fully saturated rings. The number of hydrogen-bond donors (Lipinski definition) is 4. The zero-order valence-corrected chi connectivity index (χ0v) is 9.64. The highest BCUT2D eigenvalue weighted by Gasteiger charge is 2.07. The van der Waals surface area contributed by atoms with Gasteiger partial charge in [-0.1, -0.05) is 11.6 Å². The number of benzene rings is 1. The van der Waals surface area contributed by atoms with E-state index in [4.69, 9.17) is 27.3 Å². The Morgan fingerprint density at radius 3 is 2.88 bits per heavy atom. The quantitative estimate of drug-likeness (QED) is 0.362. The number of nitrogens with two attached hydrogens (primary N) is 1. The van der Waals surface area contributed by atoms with Crippen molar-refractivity contribution in [3.63, 3.8) is 0 Å². The van der Waals surface area contributed by atoms with Crippen molar-refractivity contribution in [1.82, 2.24) is 5.48 Å². The Bertz CT molecular complexity index is 462. The molecule has 0 aliphatic carbocycles. The standard InChI is InChI=1S/C9H11ClN4O3/c1-17-7-3-5(2-6(10)8(7)15)4-12-13-9(11)14-16/h2-4,15-16H,1H3,(H3,11,13,14)/b12-4+. The Morgan fingerprint density at radius 1 is 1.59 bits per heavy atom. The third kappa shape index (κ3) is 3.51. The summed E-state index contributed by atoms with van der Waals surface area (Å²) in [5.41, 5.74) is 7.30. The molecule has 1 aromatic rings. The highest BCUT2D eigenvalue weighted by atomic mass is 35.5. The summed E-state index contributed by atoms with van der Waals surface area (Å²) >= 11 is 5.76. The summed E-state index contributed by atoms with van der Waals surface area (Å²) in [5, 5.41) is 24.9. The van der Waals surface area contributed by atoms with Crippen LogP contribution in [0.4, 0.5) is 0 Å². The fourth-order valence-corrected chi connectivity index (χ4v) is 1.22. The molecule has 0 saturated heterocycles. The molecule has 17 heavy (non-hydrogen) atoms. The molecule has 1 aromatic carbocycles. The first-order valence-corrected chi connectivity index (χ1v) is 4.79. The molecule has 0 bridgehead atoms. The van der Waals surface area contributed by atoms with E-state index < -0.39 is 0 Å². The van der Waals surface area contributed by atoms with Crippen molar-refractivity contribution in [2.24, 2.45) is 15.9 Å². The van der Waals surface area contributed by atoms with E-state index in [0.717, 1.165) is 0 Å². The Morgan fingerprint density at radius 2 is 2.29 bits per heavy atom. The second-order valence-electron chi connectivity index (χ2n) is 2.90. The smallest absolute Gasteiger partial charge is 0.237 e. The normalized spacial score (nSPS) is 11.8. The second-order valence-corrected chi connectivity index (χ2v) is 3.30. The number of halogens is 1. The third-order valence-corrected chi connectivity index (χ3v) is 2.05. The van der Waals surface area contributed by atoms with Gasteiger partial charge in [-0.05, 0) is 12.1 Å². The maximum Gasteiger partial charge on any atom is 0.237 e. The first-order chi connectivity index (χ1) is 8.08. The van der Waals surface area contributed by atoms with Gasteiger partial charge in [-0.2, -0.15) is 5.10 Å². The Labute approximate surface area is 102 Å². The second kappa shape index (κ2) is 5.92. The predicted molar refractivity (Wildman–Crippen MR) is 63.8 cm³/mol. The van der Waals surface area contributed by atoms with Crippen molar-refractivity contribution in [3.05, 3.63) is 22.7 Å². The van der Waals surface area contributed by atoms with Crippen molar-refractivity contribution in [1.29, 1.82) is 0 Å². The van der Waals surface area contributed by atoms with Gasteiger partial charge in [0.05, 0.1) is 18.3 Å². The molecule has 0 aliphatic rings. The number of phenolic OH excluding ortho intramolecular Hbond substituents is 1. The molecular weight excluding hydrogens is 248 g/mol. The number of nitrogens with one attached hydrogen (secondary N) is 1. The van der Waals surface area contributed by atoms with E-state index in [1.807, 2.05) is 0 Å². The van der Waals surface area contributed by atoms with Crippen molar-refractivity contribution < 1.29 is 15.1 Å². The van der Waals surface area contributed by atoms with E-state index in [1.165, 1.54) is 25.5 Å². The SMILES string of the molecule is COc1cc(/C=N/N=C(\N)NO)cc(Cl)c1O. The van der Waals surface area contributed by atoms with Crippen LogP contribution in [0.5, 0.6) is 11.5 Å². The van der Waals surface area contributed by atoms with E-state index >= 15 is 0 Å². The number of guanidine groups is 1. The molecular formula is C9H11ClN4O3. The molecule has 0 spiro atoms. The lowest BCUT2D eigenvalue weighted by atomic mass is 10.2. The number of ether oxygens (including phenoxy) is 1. The molecule has 0 radical (unpaired) electrons. The summed E-state index contributed by atoms with van der Waals surface area (Å²) in [6.07, 6.45) is 1.33. The van der Waals surface area contributed by atoms with Gasteiger partial charge in [-0.3, -0.25) is 5.21 Å². The van der Waals surface area contributed by atoms with Crippen LogP contribution in [0.1, 0.15) is 5.56 Å². The minimum Gasteiger partial charge on any atom is -0.503 e. The van der Waals surface area contributed by atoms with Crippen molar-refractivity contribution in [2.45, 2.75) is 0 Å². The molecule has 7 nitrogen and oxygen atoms in total. The largest absolute Gasteiger partial charge is 0.503 e. The first-order valence-electron chi connectivity index (χ1n) is 4.41. The van der Waals surface area contributed by atoms with Crippen LogP contribution in [-0.2, 0) is 0 Å². The molecule has 0 amide bonds. The summed E-state index contributed by atoms with van der Waals surface area (Å²) in [7, 11) is 1.40. The van der Waals surface area contributed by atoms with E-state index in [9.17, 15) is 5.11 Å². The average molecular weight is 259 g/mol. The van der Waals surface area contributed by atoms with Crippen LogP contribution in [-0.4, -0.2) is 29.6 Å². The zero-order chi connectivity index (χ0) is 12.8. The van der Waals surface area contributed by atoms with Crippen LogP contribution < -0.4 is 16.0 Å². The Hall–Kier alpha value is -1.99. The fourth-order valence-electron chi connectivity index (χ4n) is 1.00. The van der Waals surface area contributed by atoms with Crippen LogP contribution in [0, 0.1) is 0 Å². The van der Waals surface area contributed by atoms with E-state index in [2.05, 4.69) is 10.2 Å². The number of phenols is 1. The Kier molecular flexibility index (Phi) is 4.56. The van der Waals surface area contributed by atoms with Crippen LogP contribution in [0.3, 0.4) is 0 Å². The Balaban J connectivity index is 2.96. The van der Waals surface area contributed by atoms with E-state index in [0.29, 0.717) is 5.56 Å². The van der Waals surface area contributed by atoms with E-state index in [-0.39, 0.29) is 22.5 Å². The number of methoxy groups -OCH3 is 1. The molecule has 5 N–H and O–H groups in total. The average Bonchev–Trinajstić information content (AvgIpc) is 2.33. The van der Waals surface area contributed by atoms with Gasteiger partial charge in [0.25, 0.3) is 0 Å². The molecule has 0 unspecified atom stereocenters. The van der Waals surface area contributed by atoms with Gasteiger partial charge in [0, 0.05) is 5.56 Å². The lowest BCUT2D eigenvalue weighted by molar-refractivity contribution is 0.232. The van der Waals surface area contributed by atoms with Gasteiger partial charge in [-0.15, -0.1) is 5.10 Å². The number of nitrogens with zero attached hydrogens (tertiary/aromatic N) is 2. The zero-order valence-electron chi connectivity index (χ0n) is 8.88. The number of hydrogen-bond acceptors (Lipinski definition) is 5. The molecule has 0 aliphatic heterocycles. The lowest BCUT2D eigenvalue weighted by Gasteiger charge is -2.05. The van der Waals surface area contributed by atoms with Gasteiger partial charge < -0.3 is 15.6 Å². The fraction of sp³-hybridized carbons (Fsp3) is 0.111. The minimum absolute atomic E-state index is 0.128. The number of hydroxylamine groups is 1. The number of rotatable bonds is 3. The molecule has 8 heteroatoms. The first kappa shape index (κ1) is 13.1. The maximum absolute atomic E-state index is 9.48. The highest BCUT2D eigenvalue weighted by molar-refractivity contribution is 6.32. The lowest BCUT2D eigenvalue weighted by Crippen LogP contribution is -2.27. The molecule has 0 saturated carbocycles. The van der Waals surface area contributed by atoms with Crippen LogP contribution in [0.2, 0.25) is 5.02 Å². The number of aromatic hydroxyl groups is 1. The van der Waals surface area contributed by atoms with Crippen LogP contribution >= 0.6 is 11.6 Å².